The minimum absolute atomic E-state index is 0.163. The van der Waals surface area contributed by atoms with Crippen molar-refractivity contribution >= 4 is 0 Å². The molecule has 1 heteroatoms. The molecule has 0 heterocycles. The summed E-state index contributed by atoms with van der Waals surface area (Å²) >= 11 is 0. The minimum atomic E-state index is -0.529. The van der Waals surface area contributed by atoms with Crippen molar-refractivity contribution in [1.29, 1.82) is 0 Å². The molecule has 2 saturated carbocycles. The zero-order valence-electron chi connectivity index (χ0n) is 13.3. The molecule has 18 heavy (non-hydrogen) atoms. The van der Waals surface area contributed by atoms with E-state index in [9.17, 15) is 5.11 Å². The second-order valence-electron chi connectivity index (χ2n) is 8.99. The highest BCUT2D eigenvalue weighted by Crippen LogP contribution is 2.63. The highest BCUT2D eigenvalue weighted by atomic mass is 16.3. The predicted octanol–water partition coefficient (Wildman–Crippen LogP) is 4.78. The molecule has 1 N–H and O–H groups in total. The van der Waals surface area contributed by atoms with Crippen LogP contribution in [0, 0.1) is 22.2 Å². The number of aliphatic hydroxyl groups is 1. The Hall–Kier alpha value is -0.0400. The Balaban J connectivity index is 2.37. The van der Waals surface area contributed by atoms with Gasteiger partial charge < -0.3 is 5.11 Å². The van der Waals surface area contributed by atoms with E-state index in [1.807, 2.05) is 13.8 Å². The van der Waals surface area contributed by atoms with Gasteiger partial charge in [0.25, 0.3) is 0 Å². The van der Waals surface area contributed by atoms with Gasteiger partial charge in [-0.15, -0.1) is 0 Å². The molecule has 0 saturated heterocycles. The molecule has 2 aliphatic carbocycles. The molecule has 0 radical (unpaired) electrons. The summed E-state index contributed by atoms with van der Waals surface area (Å²) in [7, 11) is 0. The summed E-state index contributed by atoms with van der Waals surface area (Å²) in [6, 6.07) is 0. The SMILES string of the molecule is CC(C)(C)C1(C)CC2CCCC(C(C)(C)O)(C2)C1. The van der Waals surface area contributed by atoms with Crippen LogP contribution in [0.3, 0.4) is 0 Å². The molecular weight excluding hydrogens is 220 g/mol. The lowest BCUT2D eigenvalue weighted by Gasteiger charge is -2.61. The van der Waals surface area contributed by atoms with Crippen LogP contribution in [0.1, 0.15) is 80.1 Å². The standard InChI is InChI=1S/C17H32O/c1-14(2,3)16(6)10-13-8-7-9-17(11-13,12-16)15(4,5)18/h13,18H,7-12H2,1-6H3. The van der Waals surface area contributed by atoms with Gasteiger partial charge in [-0.1, -0.05) is 40.5 Å². The van der Waals surface area contributed by atoms with Crippen LogP contribution in [0.15, 0.2) is 0 Å². The smallest absolute Gasteiger partial charge is 0.0648 e. The molecule has 3 atom stereocenters. The van der Waals surface area contributed by atoms with Gasteiger partial charge in [-0.25, -0.2) is 0 Å². The van der Waals surface area contributed by atoms with Gasteiger partial charge in [0.2, 0.25) is 0 Å². The van der Waals surface area contributed by atoms with Gasteiger partial charge >= 0.3 is 0 Å². The van der Waals surface area contributed by atoms with Crippen LogP contribution in [-0.4, -0.2) is 10.7 Å². The van der Waals surface area contributed by atoms with E-state index < -0.39 is 5.60 Å². The molecule has 3 unspecified atom stereocenters. The molecule has 1 nitrogen and oxygen atoms in total. The number of fused-ring (bicyclic) bond motifs is 2. The first-order valence-corrected chi connectivity index (χ1v) is 7.72. The van der Waals surface area contributed by atoms with Gasteiger partial charge in [0, 0.05) is 0 Å². The fourth-order valence-corrected chi connectivity index (χ4v) is 4.62. The largest absolute Gasteiger partial charge is 0.390 e. The Morgan fingerprint density at radius 1 is 1.06 bits per heavy atom. The van der Waals surface area contributed by atoms with Crippen molar-refractivity contribution in [3.8, 4) is 0 Å². The highest BCUT2D eigenvalue weighted by Gasteiger charge is 2.56. The molecule has 0 aromatic carbocycles. The first-order chi connectivity index (χ1) is 7.99. The van der Waals surface area contributed by atoms with Crippen LogP contribution >= 0.6 is 0 Å². The van der Waals surface area contributed by atoms with Crippen molar-refractivity contribution in [3.63, 3.8) is 0 Å². The first-order valence-electron chi connectivity index (χ1n) is 7.72. The molecule has 0 amide bonds. The van der Waals surface area contributed by atoms with Crippen molar-refractivity contribution in [2.75, 3.05) is 0 Å². The van der Waals surface area contributed by atoms with Crippen molar-refractivity contribution < 1.29 is 5.11 Å². The van der Waals surface area contributed by atoms with Crippen LogP contribution in [0.2, 0.25) is 0 Å². The van der Waals surface area contributed by atoms with E-state index in [1.54, 1.807) is 0 Å². The monoisotopic (exact) mass is 252 g/mol. The summed E-state index contributed by atoms with van der Waals surface area (Å²) in [5.74, 6) is 0.836. The molecule has 0 aromatic heterocycles. The van der Waals surface area contributed by atoms with E-state index >= 15 is 0 Å². The molecule has 0 aliphatic heterocycles. The van der Waals surface area contributed by atoms with E-state index in [-0.39, 0.29) is 5.41 Å². The zero-order valence-corrected chi connectivity index (χ0v) is 13.3. The molecule has 2 fully saturated rings. The summed E-state index contributed by atoms with van der Waals surface area (Å²) < 4.78 is 0. The lowest BCUT2D eigenvalue weighted by molar-refractivity contribution is -0.159. The zero-order chi connectivity index (χ0) is 13.8. The van der Waals surface area contributed by atoms with Gasteiger partial charge in [-0.05, 0) is 61.7 Å². The third-order valence-corrected chi connectivity index (χ3v) is 6.52. The molecular formula is C17H32O. The van der Waals surface area contributed by atoms with Crippen LogP contribution in [0.5, 0.6) is 0 Å². The van der Waals surface area contributed by atoms with E-state index in [4.69, 9.17) is 0 Å². The van der Waals surface area contributed by atoms with Crippen molar-refractivity contribution in [2.24, 2.45) is 22.2 Å². The predicted molar refractivity (Wildman–Crippen MR) is 77.5 cm³/mol. The molecule has 2 bridgehead atoms. The summed E-state index contributed by atoms with van der Waals surface area (Å²) in [6.07, 6.45) is 7.72. The molecule has 0 spiro atoms. The van der Waals surface area contributed by atoms with Crippen LogP contribution in [0.25, 0.3) is 0 Å². The Labute approximate surface area is 113 Å². The van der Waals surface area contributed by atoms with Gasteiger partial charge in [0.15, 0.2) is 0 Å². The Morgan fingerprint density at radius 3 is 2.17 bits per heavy atom. The fraction of sp³-hybridized carbons (Fsp3) is 1.00. The number of hydrogen-bond acceptors (Lipinski definition) is 1. The molecule has 0 aromatic rings. The second-order valence-corrected chi connectivity index (χ2v) is 8.99. The summed E-state index contributed by atoms with van der Waals surface area (Å²) in [4.78, 5) is 0. The number of hydrogen-bond donors (Lipinski definition) is 1. The maximum atomic E-state index is 10.7. The van der Waals surface area contributed by atoms with Crippen molar-refractivity contribution in [1.82, 2.24) is 0 Å². The van der Waals surface area contributed by atoms with Crippen LogP contribution in [-0.2, 0) is 0 Å². The third kappa shape index (κ3) is 2.13. The number of rotatable bonds is 1. The average Bonchev–Trinajstić information content (AvgIpc) is 2.12. The maximum Gasteiger partial charge on any atom is 0.0648 e. The fourth-order valence-electron chi connectivity index (χ4n) is 4.62. The Kier molecular flexibility index (Phi) is 3.17. The summed E-state index contributed by atoms with van der Waals surface area (Å²) in [5.41, 5.74) is 0.338. The van der Waals surface area contributed by atoms with E-state index in [0.717, 1.165) is 5.92 Å². The van der Waals surface area contributed by atoms with E-state index in [2.05, 4.69) is 27.7 Å². The average molecular weight is 252 g/mol. The van der Waals surface area contributed by atoms with E-state index in [0.29, 0.717) is 10.8 Å². The molecule has 2 rings (SSSR count). The highest BCUT2D eigenvalue weighted by molar-refractivity contribution is 5.07. The molecule has 2 aliphatic rings. The van der Waals surface area contributed by atoms with Crippen LogP contribution < -0.4 is 0 Å². The van der Waals surface area contributed by atoms with Crippen molar-refractivity contribution in [2.45, 2.75) is 85.7 Å². The van der Waals surface area contributed by atoms with Gasteiger partial charge in [0.1, 0.15) is 0 Å². The van der Waals surface area contributed by atoms with Gasteiger partial charge in [-0.3, -0.25) is 0 Å². The van der Waals surface area contributed by atoms with Gasteiger partial charge in [-0.2, -0.15) is 0 Å². The third-order valence-electron chi connectivity index (χ3n) is 6.52. The maximum absolute atomic E-state index is 10.7. The summed E-state index contributed by atoms with van der Waals surface area (Å²) in [6.45, 7) is 13.7. The van der Waals surface area contributed by atoms with Crippen LogP contribution in [0.4, 0.5) is 0 Å². The normalized spacial score (nSPS) is 41.8. The Morgan fingerprint density at radius 2 is 1.67 bits per heavy atom. The molecule has 106 valence electrons. The summed E-state index contributed by atoms with van der Waals surface area (Å²) in [5, 5.41) is 10.7. The van der Waals surface area contributed by atoms with E-state index in [1.165, 1.54) is 38.5 Å². The van der Waals surface area contributed by atoms with Gasteiger partial charge in [0.05, 0.1) is 5.60 Å². The lowest BCUT2D eigenvalue weighted by Crippen LogP contribution is -2.55. The lowest BCUT2D eigenvalue weighted by atomic mass is 9.45. The second kappa shape index (κ2) is 3.98. The quantitative estimate of drug-likeness (QED) is 0.712. The Bertz CT molecular complexity index is 317. The van der Waals surface area contributed by atoms with Crippen molar-refractivity contribution in [3.05, 3.63) is 0 Å². The minimum Gasteiger partial charge on any atom is -0.390 e. The topological polar surface area (TPSA) is 20.2 Å². The first kappa shape index (κ1) is 14.4.